The molecule has 1 aliphatic rings. The first-order chi connectivity index (χ1) is 13.1. The van der Waals surface area contributed by atoms with Gasteiger partial charge in [-0.2, -0.15) is 0 Å². The molecule has 0 spiro atoms. The number of fused-ring (bicyclic) bond motifs is 1. The van der Waals surface area contributed by atoms with Crippen molar-refractivity contribution >= 4 is 45.6 Å². The Labute approximate surface area is 161 Å². The normalized spacial score (nSPS) is 16.6. The minimum absolute atomic E-state index is 0.0470. The number of hydrazine groups is 1. The van der Waals surface area contributed by atoms with Crippen molar-refractivity contribution in [2.24, 2.45) is 5.92 Å². The number of nitrogens with one attached hydrogen (secondary N) is 2. The fraction of sp³-hybridized carbons (Fsp3) is 0.143. The van der Waals surface area contributed by atoms with Gasteiger partial charge in [-0.1, -0.05) is 54.1 Å². The van der Waals surface area contributed by atoms with E-state index >= 15 is 0 Å². The highest BCUT2D eigenvalue weighted by atomic mass is 35.5. The minimum atomic E-state index is -0.414. The molecule has 1 atom stereocenters. The van der Waals surface area contributed by atoms with E-state index in [2.05, 4.69) is 10.9 Å². The third kappa shape index (κ3) is 3.59. The molecule has 6 heteroatoms. The Kier molecular flexibility index (Phi) is 4.69. The van der Waals surface area contributed by atoms with Crippen molar-refractivity contribution in [1.82, 2.24) is 5.43 Å². The van der Waals surface area contributed by atoms with Gasteiger partial charge in [-0.05, 0) is 29.7 Å². The molecule has 0 radical (unpaired) electrons. The van der Waals surface area contributed by atoms with Gasteiger partial charge in [0.25, 0.3) is 0 Å². The molecule has 1 saturated heterocycles. The Bertz CT molecular complexity index is 1020. The predicted octanol–water partition coefficient (Wildman–Crippen LogP) is 3.99. The van der Waals surface area contributed by atoms with Crippen molar-refractivity contribution in [3.8, 4) is 0 Å². The lowest BCUT2D eigenvalue weighted by Crippen LogP contribution is -2.36. The molecule has 3 aromatic carbocycles. The summed E-state index contributed by atoms with van der Waals surface area (Å²) in [5.41, 5.74) is 7.05. The molecule has 1 aliphatic heterocycles. The Hall–Kier alpha value is -3.05. The highest BCUT2D eigenvalue weighted by Gasteiger charge is 2.35. The molecule has 0 unspecified atom stereocenters. The van der Waals surface area contributed by atoms with Crippen LogP contribution in [-0.4, -0.2) is 18.4 Å². The van der Waals surface area contributed by atoms with Gasteiger partial charge in [-0.15, -0.1) is 0 Å². The van der Waals surface area contributed by atoms with Crippen molar-refractivity contribution in [1.29, 1.82) is 0 Å². The average molecular weight is 380 g/mol. The summed E-state index contributed by atoms with van der Waals surface area (Å²) < 4.78 is 0. The van der Waals surface area contributed by atoms with Crippen LogP contribution in [0, 0.1) is 5.92 Å². The molecule has 4 rings (SSSR count). The summed E-state index contributed by atoms with van der Waals surface area (Å²) in [6.07, 6.45) is 0.187. The van der Waals surface area contributed by atoms with Gasteiger partial charge in [0.2, 0.25) is 11.8 Å². The zero-order valence-corrected chi connectivity index (χ0v) is 15.2. The second kappa shape index (κ2) is 7.29. The topological polar surface area (TPSA) is 61.4 Å². The maximum absolute atomic E-state index is 12.6. The molecule has 5 nitrogen and oxygen atoms in total. The van der Waals surface area contributed by atoms with E-state index in [9.17, 15) is 9.59 Å². The first-order valence-corrected chi connectivity index (χ1v) is 9.09. The van der Waals surface area contributed by atoms with Crippen molar-refractivity contribution in [2.45, 2.75) is 6.42 Å². The van der Waals surface area contributed by atoms with Gasteiger partial charge in [-0.25, -0.2) is 0 Å². The van der Waals surface area contributed by atoms with E-state index in [1.165, 1.54) is 0 Å². The summed E-state index contributed by atoms with van der Waals surface area (Å²) in [5, 5.41) is 2.65. The lowest BCUT2D eigenvalue weighted by molar-refractivity contribution is -0.125. The van der Waals surface area contributed by atoms with Gasteiger partial charge < -0.3 is 4.90 Å². The van der Waals surface area contributed by atoms with Crippen LogP contribution in [0.25, 0.3) is 10.8 Å². The smallest absolute Gasteiger partial charge is 0.243 e. The Morgan fingerprint density at radius 1 is 1.04 bits per heavy atom. The molecule has 2 amide bonds. The second-order valence-corrected chi connectivity index (χ2v) is 6.96. The predicted molar refractivity (Wildman–Crippen MR) is 108 cm³/mol. The lowest BCUT2D eigenvalue weighted by Gasteiger charge is -2.19. The zero-order valence-electron chi connectivity index (χ0n) is 14.5. The summed E-state index contributed by atoms with van der Waals surface area (Å²) >= 11 is 5.94. The third-order valence-corrected chi connectivity index (χ3v) is 4.94. The zero-order chi connectivity index (χ0) is 18.8. The standard InChI is InChI=1S/C21H18ClN3O2/c22-16-7-4-8-17(12-16)23-24-21(27)15-11-20(26)25(13-15)19-10-3-6-14-5-1-2-9-18(14)19/h1-10,12,15,23H,11,13H2,(H,24,27)/t15-/m1/s1. The quantitative estimate of drug-likeness (QED) is 0.674. The van der Waals surface area contributed by atoms with Gasteiger partial charge >= 0.3 is 0 Å². The first-order valence-electron chi connectivity index (χ1n) is 8.71. The van der Waals surface area contributed by atoms with Crippen LogP contribution in [0.5, 0.6) is 0 Å². The van der Waals surface area contributed by atoms with Crippen LogP contribution in [0.2, 0.25) is 5.02 Å². The van der Waals surface area contributed by atoms with Gasteiger partial charge in [0.15, 0.2) is 0 Å². The number of halogens is 1. The van der Waals surface area contributed by atoms with Crippen LogP contribution in [0.15, 0.2) is 66.7 Å². The van der Waals surface area contributed by atoms with Crippen molar-refractivity contribution in [3.05, 3.63) is 71.8 Å². The Morgan fingerprint density at radius 3 is 2.67 bits per heavy atom. The molecule has 2 N–H and O–H groups in total. The highest BCUT2D eigenvalue weighted by Crippen LogP contribution is 2.31. The van der Waals surface area contributed by atoms with Gasteiger partial charge in [0.05, 0.1) is 17.3 Å². The molecule has 0 bridgehead atoms. The maximum Gasteiger partial charge on any atom is 0.243 e. The van der Waals surface area contributed by atoms with Crippen molar-refractivity contribution in [3.63, 3.8) is 0 Å². The van der Waals surface area contributed by atoms with E-state index in [-0.39, 0.29) is 18.2 Å². The van der Waals surface area contributed by atoms with Gasteiger partial charge in [0, 0.05) is 23.4 Å². The summed E-state index contributed by atoms with van der Waals surface area (Å²) in [6, 6.07) is 20.8. The number of hydrogen-bond acceptors (Lipinski definition) is 3. The number of benzene rings is 3. The van der Waals surface area contributed by atoms with Gasteiger partial charge in [0.1, 0.15) is 0 Å². The third-order valence-electron chi connectivity index (χ3n) is 4.71. The van der Waals surface area contributed by atoms with Crippen LogP contribution in [0.4, 0.5) is 11.4 Å². The maximum atomic E-state index is 12.6. The van der Waals surface area contributed by atoms with Crippen molar-refractivity contribution in [2.75, 3.05) is 16.9 Å². The summed E-state index contributed by atoms with van der Waals surface area (Å²) in [7, 11) is 0. The molecule has 27 heavy (non-hydrogen) atoms. The Morgan fingerprint density at radius 2 is 1.81 bits per heavy atom. The van der Waals surface area contributed by atoms with E-state index < -0.39 is 5.92 Å². The molecule has 0 aromatic heterocycles. The summed E-state index contributed by atoms with van der Waals surface area (Å²) in [5.74, 6) is -0.677. The van der Waals surface area contributed by atoms with E-state index in [0.717, 1.165) is 16.5 Å². The number of amides is 2. The summed E-state index contributed by atoms with van der Waals surface area (Å²) in [4.78, 5) is 26.8. The summed E-state index contributed by atoms with van der Waals surface area (Å²) in [6.45, 7) is 0.357. The average Bonchev–Trinajstić information content (AvgIpc) is 3.07. The first kappa shape index (κ1) is 17.4. The molecule has 1 fully saturated rings. The molecule has 3 aromatic rings. The van der Waals surface area contributed by atoms with E-state index in [0.29, 0.717) is 17.3 Å². The molecule has 0 saturated carbocycles. The number of hydrogen-bond donors (Lipinski definition) is 2. The SMILES string of the molecule is O=C(NNc1cccc(Cl)c1)[C@@H]1CC(=O)N(c2cccc3ccccc23)C1. The number of rotatable bonds is 4. The molecular weight excluding hydrogens is 362 g/mol. The highest BCUT2D eigenvalue weighted by molar-refractivity contribution is 6.30. The largest absolute Gasteiger partial charge is 0.311 e. The van der Waals surface area contributed by atoms with E-state index in [4.69, 9.17) is 11.6 Å². The molecule has 136 valence electrons. The fourth-order valence-corrected chi connectivity index (χ4v) is 3.55. The van der Waals surface area contributed by atoms with Gasteiger partial charge in [-0.3, -0.25) is 20.4 Å². The molecule has 1 heterocycles. The van der Waals surface area contributed by atoms with Crippen LogP contribution >= 0.6 is 11.6 Å². The molecule has 0 aliphatic carbocycles. The lowest BCUT2D eigenvalue weighted by atomic mass is 10.1. The van der Waals surface area contributed by atoms with E-state index in [1.807, 2.05) is 42.5 Å². The van der Waals surface area contributed by atoms with Crippen LogP contribution in [0.1, 0.15) is 6.42 Å². The molecular formula is C21H18ClN3O2. The Balaban J connectivity index is 1.48. The minimum Gasteiger partial charge on any atom is -0.311 e. The number of carbonyl (C=O) groups is 2. The van der Waals surface area contributed by atoms with E-state index in [1.54, 1.807) is 29.2 Å². The number of anilines is 2. The van der Waals surface area contributed by atoms with Crippen LogP contribution in [0.3, 0.4) is 0 Å². The fourth-order valence-electron chi connectivity index (χ4n) is 3.36. The van der Waals surface area contributed by atoms with Crippen LogP contribution < -0.4 is 15.8 Å². The van der Waals surface area contributed by atoms with Crippen LogP contribution in [-0.2, 0) is 9.59 Å². The monoisotopic (exact) mass is 379 g/mol. The second-order valence-electron chi connectivity index (χ2n) is 6.53. The van der Waals surface area contributed by atoms with Crippen molar-refractivity contribution < 1.29 is 9.59 Å². The number of carbonyl (C=O) groups excluding carboxylic acids is 2. The number of nitrogens with zero attached hydrogens (tertiary/aromatic N) is 1.